The lowest BCUT2D eigenvalue weighted by molar-refractivity contribution is -0.384. The molecule has 0 aliphatic heterocycles. The summed E-state index contributed by atoms with van der Waals surface area (Å²) in [6.07, 6.45) is 0. The van der Waals surface area contributed by atoms with E-state index in [2.05, 4.69) is 10.4 Å². The van der Waals surface area contributed by atoms with Crippen LogP contribution in [0.1, 0.15) is 21.7 Å². The van der Waals surface area contributed by atoms with Crippen LogP contribution >= 0.6 is 11.6 Å². The van der Waals surface area contributed by atoms with E-state index in [-0.39, 0.29) is 22.8 Å². The number of nitro benzene ring substituents is 1. The number of aryl methyl sites for hydroxylation is 2. The molecule has 0 atom stereocenters. The van der Waals surface area contributed by atoms with Crippen LogP contribution in [0.4, 0.5) is 5.69 Å². The molecule has 0 aliphatic carbocycles. The summed E-state index contributed by atoms with van der Waals surface area (Å²) in [7, 11) is 1.81. The number of hydrogen-bond donors (Lipinski definition) is 1. The Labute approximate surface area is 125 Å². The van der Waals surface area contributed by atoms with Crippen molar-refractivity contribution in [2.24, 2.45) is 7.05 Å². The van der Waals surface area contributed by atoms with E-state index in [4.69, 9.17) is 11.6 Å². The summed E-state index contributed by atoms with van der Waals surface area (Å²) in [6, 6.07) is 5.78. The highest BCUT2D eigenvalue weighted by Gasteiger charge is 2.16. The predicted octanol–water partition coefficient (Wildman–Crippen LogP) is 2.22. The third kappa shape index (κ3) is 3.38. The molecule has 8 heteroatoms. The number of hydrogen-bond acceptors (Lipinski definition) is 4. The van der Waals surface area contributed by atoms with Gasteiger partial charge in [-0.2, -0.15) is 5.10 Å². The van der Waals surface area contributed by atoms with Gasteiger partial charge in [0, 0.05) is 24.4 Å². The summed E-state index contributed by atoms with van der Waals surface area (Å²) in [6.45, 7) is 2.15. The highest BCUT2D eigenvalue weighted by molar-refractivity contribution is 6.32. The van der Waals surface area contributed by atoms with Crippen LogP contribution in [0.25, 0.3) is 0 Å². The number of aromatic nitrogens is 2. The number of nitrogens with zero attached hydrogens (tertiary/aromatic N) is 3. The second-order valence-electron chi connectivity index (χ2n) is 4.51. The van der Waals surface area contributed by atoms with Crippen molar-refractivity contribution in [3.05, 3.63) is 56.4 Å². The molecule has 2 rings (SSSR count). The van der Waals surface area contributed by atoms with Crippen molar-refractivity contribution in [1.82, 2.24) is 15.1 Å². The maximum atomic E-state index is 12.0. The average molecular weight is 309 g/mol. The largest absolute Gasteiger partial charge is 0.346 e. The third-order valence-electron chi connectivity index (χ3n) is 3.00. The number of benzene rings is 1. The van der Waals surface area contributed by atoms with Crippen molar-refractivity contribution < 1.29 is 9.72 Å². The van der Waals surface area contributed by atoms with Crippen molar-refractivity contribution in [3.63, 3.8) is 0 Å². The van der Waals surface area contributed by atoms with Crippen molar-refractivity contribution in [1.29, 1.82) is 0 Å². The van der Waals surface area contributed by atoms with E-state index in [0.717, 1.165) is 11.8 Å². The summed E-state index contributed by atoms with van der Waals surface area (Å²) in [5.41, 5.74) is 1.57. The minimum atomic E-state index is -0.624. The van der Waals surface area contributed by atoms with Crippen molar-refractivity contribution in [3.8, 4) is 0 Å². The van der Waals surface area contributed by atoms with Gasteiger partial charge in [0.25, 0.3) is 11.6 Å². The normalized spacial score (nSPS) is 10.4. The van der Waals surface area contributed by atoms with Gasteiger partial charge < -0.3 is 5.32 Å². The van der Waals surface area contributed by atoms with Gasteiger partial charge in [0.05, 0.1) is 17.2 Å². The second kappa shape index (κ2) is 5.92. The fourth-order valence-electron chi connectivity index (χ4n) is 1.79. The Hall–Kier alpha value is -2.41. The van der Waals surface area contributed by atoms with Crippen molar-refractivity contribution in [2.45, 2.75) is 13.5 Å². The fourth-order valence-corrected chi connectivity index (χ4v) is 1.97. The number of carbonyl (C=O) groups excluding carboxylic acids is 1. The van der Waals surface area contributed by atoms with Gasteiger partial charge in [-0.3, -0.25) is 19.6 Å². The molecule has 0 saturated carbocycles. The standard InChI is InChI=1S/C13H13ClN4O3/c1-8-5-10(16-17(8)2)7-15-13(19)9-3-4-11(14)12(6-9)18(20)21/h3-6H,7H2,1-2H3,(H,15,19). The zero-order chi connectivity index (χ0) is 15.6. The van der Waals surface area contributed by atoms with Gasteiger partial charge in [0.1, 0.15) is 5.02 Å². The van der Waals surface area contributed by atoms with E-state index in [0.29, 0.717) is 5.69 Å². The van der Waals surface area contributed by atoms with Crippen LogP contribution < -0.4 is 5.32 Å². The van der Waals surface area contributed by atoms with Crippen LogP contribution in [0.2, 0.25) is 5.02 Å². The monoisotopic (exact) mass is 308 g/mol. The molecule has 0 fully saturated rings. The van der Waals surface area contributed by atoms with Gasteiger partial charge in [-0.1, -0.05) is 11.6 Å². The summed E-state index contributed by atoms with van der Waals surface area (Å²) in [5.74, 6) is -0.418. The molecule has 1 amide bonds. The SMILES string of the molecule is Cc1cc(CNC(=O)c2ccc(Cl)c([N+](=O)[O-])c2)nn1C. The highest BCUT2D eigenvalue weighted by Crippen LogP contribution is 2.24. The average Bonchev–Trinajstić information content (AvgIpc) is 2.75. The molecule has 0 aliphatic rings. The molecule has 0 saturated heterocycles. The summed E-state index contributed by atoms with van der Waals surface area (Å²) < 4.78 is 1.70. The summed E-state index contributed by atoms with van der Waals surface area (Å²) in [4.78, 5) is 22.2. The molecular weight excluding hydrogens is 296 g/mol. The van der Waals surface area contributed by atoms with E-state index in [9.17, 15) is 14.9 Å². The molecular formula is C13H13ClN4O3. The lowest BCUT2D eigenvalue weighted by Gasteiger charge is -2.04. The summed E-state index contributed by atoms with van der Waals surface area (Å²) >= 11 is 5.70. The maximum Gasteiger partial charge on any atom is 0.288 e. The Bertz CT molecular complexity index is 692. The van der Waals surface area contributed by atoms with Gasteiger partial charge >= 0.3 is 0 Å². The quantitative estimate of drug-likeness (QED) is 0.692. The van der Waals surface area contributed by atoms with Crippen molar-refractivity contribution >= 4 is 23.2 Å². The first kappa shape index (κ1) is 15.0. The third-order valence-corrected chi connectivity index (χ3v) is 3.32. The fraction of sp³-hybridized carbons (Fsp3) is 0.231. The number of rotatable bonds is 4. The molecule has 0 unspecified atom stereocenters. The molecule has 7 nitrogen and oxygen atoms in total. The van der Waals surface area contributed by atoms with Gasteiger partial charge in [-0.05, 0) is 25.1 Å². The molecule has 0 radical (unpaired) electrons. The molecule has 0 spiro atoms. The number of halogens is 1. The number of nitrogens with one attached hydrogen (secondary N) is 1. The lowest BCUT2D eigenvalue weighted by Crippen LogP contribution is -2.23. The minimum Gasteiger partial charge on any atom is -0.346 e. The topological polar surface area (TPSA) is 90.1 Å². The zero-order valence-corrected chi connectivity index (χ0v) is 12.2. The van der Waals surface area contributed by atoms with Gasteiger partial charge in [0.2, 0.25) is 0 Å². The van der Waals surface area contributed by atoms with Gasteiger partial charge in [-0.15, -0.1) is 0 Å². The van der Waals surface area contributed by atoms with E-state index < -0.39 is 10.8 Å². The van der Waals surface area contributed by atoms with Crippen LogP contribution in [-0.4, -0.2) is 20.6 Å². The van der Waals surface area contributed by atoms with E-state index in [1.807, 2.05) is 20.0 Å². The smallest absolute Gasteiger partial charge is 0.288 e. The molecule has 21 heavy (non-hydrogen) atoms. The minimum absolute atomic E-state index is 0.00287. The molecule has 1 heterocycles. The molecule has 110 valence electrons. The number of carbonyl (C=O) groups is 1. The predicted molar refractivity (Wildman–Crippen MR) is 77.2 cm³/mol. The first-order valence-corrected chi connectivity index (χ1v) is 6.48. The molecule has 1 N–H and O–H groups in total. The van der Waals surface area contributed by atoms with Crippen LogP contribution in [-0.2, 0) is 13.6 Å². The van der Waals surface area contributed by atoms with Crippen LogP contribution in [0.15, 0.2) is 24.3 Å². The Balaban J connectivity index is 2.10. The van der Waals surface area contributed by atoms with Crippen LogP contribution in [0.3, 0.4) is 0 Å². The van der Waals surface area contributed by atoms with Gasteiger partial charge in [0.15, 0.2) is 0 Å². The Morgan fingerprint density at radius 1 is 1.48 bits per heavy atom. The van der Waals surface area contributed by atoms with E-state index in [1.54, 1.807) is 4.68 Å². The molecule has 0 bridgehead atoms. The molecule has 1 aromatic heterocycles. The Morgan fingerprint density at radius 2 is 2.19 bits per heavy atom. The highest BCUT2D eigenvalue weighted by atomic mass is 35.5. The lowest BCUT2D eigenvalue weighted by atomic mass is 10.2. The Morgan fingerprint density at radius 3 is 2.76 bits per heavy atom. The van der Waals surface area contributed by atoms with Crippen LogP contribution in [0.5, 0.6) is 0 Å². The maximum absolute atomic E-state index is 12.0. The second-order valence-corrected chi connectivity index (χ2v) is 4.91. The van der Waals surface area contributed by atoms with E-state index >= 15 is 0 Å². The first-order chi connectivity index (χ1) is 9.88. The number of nitro groups is 1. The summed E-state index contributed by atoms with van der Waals surface area (Å²) in [5, 5.41) is 17.7. The Kier molecular flexibility index (Phi) is 4.23. The van der Waals surface area contributed by atoms with Gasteiger partial charge in [-0.25, -0.2) is 0 Å². The van der Waals surface area contributed by atoms with E-state index in [1.165, 1.54) is 12.1 Å². The first-order valence-electron chi connectivity index (χ1n) is 6.10. The molecule has 1 aromatic carbocycles. The number of amides is 1. The zero-order valence-electron chi connectivity index (χ0n) is 11.5. The van der Waals surface area contributed by atoms with Crippen molar-refractivity contribution in [2.75, 3.05) is 0 Å². The van der Waals surface area contributed by atoms with Crippen LogP contribution in [0, 0.1) is 17.0 Å². The molecule has 2 aromatic rings.